The van der Waals surface area contributed by atoms with Gasteiger partial charge in [-0.2, -0.15) is 37.9 Å². The Balaban J connectivity index is 0.000000435. The van der Waals surface area contributed by atoms with Gasteiger partial charge in [0.2, 0.25) is 23.6 Å². The van der Waals surface area contributed by atoms with E-state index in [1.165, 1.54) is 32.1 Å². The van der Waals surface area contributed by atoms with Gasteiger partial charge in [0.25, 0.3) is 0 Å². The van der Waals surface area contributed by atoms with Crippen LogP contribution in [0.2, 0.25) is 0 Å². The number of thiol groups is 3. The predicted octanol–water partition coefficient (Wildman–Crippen LogP) is 6.84. The number of aliphatic carboxylic acids is 2. The first-order valence-corrected chi connectivity index (χ1v) is 31.2. The number of nitrogens with one attached hydrogen (secondary N) is 7. The minimum atomic E-state index is -0.972. The Morgan fingerprint density at radius 1 is 0.695 bits per heavy atom. The summed E-state index contributed by atoms with van der Waals surface area (Å²) in [4.78, 5) is 74.6. The molecular weight excluding hydrogens is 1100 g/mol. The highest BCUT2D eigenvalue weighted by Crippen LogP contribution is 2.30. The summed E-state index contributed by atoms with van der Waals surface area (Å²) in [5.41, 5.74) is 7.82. The van der Waals surface area contributed by atoms with Gasteiger partial charge in [0, 0.05) is 47.8 Å². The van der Waals surface area contributed by atoms with E-state index in [1.54, 1.807) is 32.0 Å². The van der Waals surface area contributed by atoms with Crippen LogP contribution in [0.15, 0.2) is 36.4 Å². The number of hydrogen-bond donors (Lipinski definition) is 13. The summed E-state index contributed by atoms with van der Waals surface area (Å²) in [7, 11) is 0. The summed E-state index contributed by atoms with van der Waals surface area (Å²) in [5, 5.41) is 39.7. The molecule has 0 aliphatic carbocycles. The molecule has 0 radical (unpaired) electrons. The van der Waals surface area contributed by atoms with Crippen molar-refractivity contribution in [2.75, 3.05) is 102 Å². The van der Waals surface area contributed by atoms with Gasteiger partial charge in [-0.15, -0.1) is 0 Å². The number of rotatable bonds is 38. The first-order chi connectivity index (χ1) is 38.9. The van der Waals surface area contributed by atoms with Crippen molar-refractivity contribution in [1.82, 2.24) is 31.5 Å². The van der Waals surface area contributed by atoms with E-state index in [0.717, 1.165) is 127 Å². The Kier molecular flexibility index (Phi) is 34.5. The number of nitrogens with two attached hydrogens (primary N) is 1. The van der Waals surface area contributed by atoms with Crippen LogP contribution in [0, 0.1) is 23.7 Å². The Bertz CT molecular complexity index is 2240. The largest absolute Gasteiger partial charge is 0.491 e. The van der Waals surface area contributed by atoms with Crippen molar-refractivity contribution < 1.29 is 48.5 Å². The van der Waals surface area contributed by atoms with E-state index in [4.69, 9.17) is 27.8 Å². The molecule has 2 fully saturated rings. The molecule has 464 valence electrons. The van der Waals surface area contributed by atoms with Gasteiger partial charge in [-0.1, -0.05) is 38.8 Å². The summed E-state index contributed by atoms with van der Waals surface area (Å²) in [6.45, 7) is 21.1. The topological polar surface area (TPSA) is 275 Å². The highest BCUT2D eigenvalue weighted by molar-refractivity contribution is 7.82. The summed E-state index contributed by atoms with van der Waals surface area (Å²) >= 11 is 13.5. The number of nitrogens with zero attached hydrogens (tertiary/aromatic N) is 1. The van der Waals surface area contributed by atoms with Gasteiger partial charge in [0.15, 0.2) is 0 Å². The third-order valence-corrected chi connectivity index (χ3v) is 15.0. The number of piperidine rings is 2. The summed E-state index contributed by atoms with van der Waals surface area (Å²) in [6, 6.07) is 9.88. The fraction of sp³-hybridized carbons (Fsp3) is 0.700. The van der Waals surface area contributed by atoms with Gasteiger partial charge in [0.05, 0.1) is 49.5 Å². The number of anilines is 2. The van der Waals surface area contributed by atoms with E-state index in [2.05, 4.69) is 95.1 Å². The number of ether oxygens (including phenoxy) is 2. The van der Waals surface area contributed by atoms with E-state index in [-0.39, 0.29) is 40.7 Å². The average molecular weight is 1200 g/mol. The maximum absolute atomic E-state index is 13.0. The highest BCUT2D eigenvalue weighted by atomic mass is 32.1. The van der Waals surface area contributed by atoms with Crippen molar-refractivity contribution in [2.24, 2.45) is 29.4 Å². The standard InChI is InChI=1S/C34H60N4O4S2.C26H41N5O6S/c1-26(32(40)41)22-28-12-13-30(42-21-9-7-10-27-14-16-35-17-15-27)29(23-28)37-31(39)11-6-8-19-38(25-34(4,5)44)20-18-36-24-33(2,3)43;1-17(26(35)36)12-19-5-6-22(37-11-3-2-4-18-7-9-28-10-8-18)20(13-19)31-25(34)21(16-38)30-24(33)15-29-23(32)14-27/h12-13,23,26-27,35-36,43-44H,6-11,14-22,24-25H2,1-5H3,(H,37,39)(H,40,41);5-6,13,17-18,21,28,38H,2-4,7-12,14-16,27H2,1H3,(H,29,32)(H,30,33)(H,31,34)(H,35,36). The molecule has 4 amide bonds. The zero-order valence-corrected chi connectivity index (χ0v) is 52.6. The lowest BCUT2D eigenvalue weighted by molar-refractivity contribution is -0.142. The van der Waals surface area contributed by atoms with E-state index >= 15 is 0 Å². The third-order valence-electron chi connectivity index (χ3n) is 14.4. The van der Waals surface area contributed by atoms with Crippen LogP contribution in [0.4, 0.5) is 11.4 Å². The third kappa shape index (κ3) is 32.1. The second-order valence-corrected chi connectivity index (χ2v) is 26.3. The molecule has 2 aliphatic heterocycles. The predicted molar refractivity (Wildman–Crippen MR) is 338 cm³/mol. The Labute approximate surface area is 505 Å². The smallest absolute Gasteiger partial charge is 0.306 e. The molecule has 22 heteroatoms. The Morgan fingerprint density at radius 3 is 1.67 bits per heavy atom. The highest BCUT2D eigenvalue weighted by Gasteiger charge is 2.24. The second kappa shape index (κ2) is 39.3. The first-order valence-electron chi connectivity index (χ1n) is 29.7. The van der Waals surface area contributed by atoms with Crippen molar-refractivity contribution in [3.63, 3.8) is 0 Å². The molecule has 82 heavy (non-hydrogen) atoms. The quantitative estimate of drug-likeness (QED) is 0.0242. The molecule has 0 aromatic heterocycles. The SMILES string of the molecule is CC(Cc1ccc(OCCCCC2CCNCC2)c(NC(=O)C(CS)NC(=O)CNC(=O)CN)c1)C(=O)O.CC(Cc1ccc(OCCCCC2CCNCC2)c(NC(=O)CCCCN(CCNCC(C)(C)S)CC(C)(C)S)c1)C(=O)O. The molecule has 0 spiro atoms. The van der Waals surface area contributed by atoms with Crippen LogP contribution < -0.4 is 52.4 Å². The average Bonchev–Trinajstić information content (AvgIpc) is 3.45. The Hall–Kier alpha value is -4.29. The van der Waals surface area contributed by atoms with Crippen molar-refractivity contribution in [3.8, 4) is 11.5 Å². The molecule has 0 bridgehead atoms. The molecule has 0 saturated carbocycles. The molecule has 4 rings (SSSR count). The zero-order valence-electron chi connectivity index (χ0n) is 49.9. The van der Waals surface area contributed by atoms with Crippen molar-refractivity contribution in [1.29, 1.82) is 0 Å². The minimum Gasteiger partial charge on any atom is -0.491 e. The number of unbranched alkanes of at least 4 members (excludes halogenated alkanes) is 3. The van der Waals surface area contributed by atoms with Gasteiger partial charge in [0.1, 0.15) is 17.5 Å². The van der Waals surface area contributed by atoms with Gasteiger partial charge >= 0.3 is 11.9 Å². The Morgan fingerprint density at radius 2 is 1.21 bits per heavy atom. The van der Waals surface area contributed by atoms with Crippen LogP contribution in [0.1, 0.15) is 136 Å². The fourth-order valence-electron chi connectivity index (χ4n) is 9.70. The van der Waals surface area contributed by atoms with Crippen molar-refractivity contribution in [2.45, 2.75) is 153 Å². The lowest BCUT2D eigenvalue weighted by Gasteiger charge is -2.30. The van der Waals surface area contributed by atoms with Gasteiger partial charge in [-0.05, 0) is 185 Å². The normalized spacial score (nSPS) is 15.3. The number of carbonyl (C=O) groups excluding carboxylic acids is 4. The lowest BCUT2D eigenvalue weighted by atomic mass is 9.93. The van der Waals surface area contributed by atoms with E-state index in [0.29, 0.717) is 48.9 Å². The summed E-state index contributed by atoms with van der Waals surface area (Å²) in [5.74, 6) is -1.79. The van der Waals surface area contributed by atoms with E-state index in [1.807, 2.05) is 18.2 Å². The number of amides is 4. The number of benzene rings is 2. The van der Waals surface area contributed by atoms with Crippen LogP contribution in [0.5, 0.6) is 11.5 Å². The van der Waals surface area contributed by atoms with Gasteiger partial charge < -0.3 is 67.5 Å². The molecule has 2 heterocycles. The van der Waals surface area contributed by atoms with E-state index in [9.17, 15) is 39.0 Å². The monoisotopic (exact) mass is 1200 g/mol. The van der Waals surface area contributed by atoms with Gasteiger partial charge in [-0.3, -0.25) is 28.8 Å². The van der Waals surface area contributed by atoms with Crippen LogP contribution >= 0.6 is 37.9 Å². The first kappa shape index (κ1) is 72.0. The number of carbonyl (C=O) groups is 6. The summed E-state index contributed by atoms with van der Waals surface area (Å²) < 4.78 is 12.0. The number of carboxylic acids is 2. The van der Waals surface area contributed by atoms with Crippen LogP contribution in [0.3, 0.4) is 0 Å². The molecule has 2 saturated heterocycles. The van der Waals surface area contributed by atoms with Gasteiger partial charge in [-0.25, -0.2) is 0 Å². The lowest BCUT2D eigenvalue weighted by Crippen LogP contribution is -2.49. The molecule has 2 aromatic rings. The molecule has 2 aromatic carbocycles. The summed E-state index contributed by atoms with van der Waals surface area (Å²) in [6.07, 6.45) is 14.1. The molecule has 19 nitrogen and oxygen atoms in total. The van der Waals surface area contributed by atoms with Crippen molar-refractivity contribution >= 4 is 84.8 Å². The number of hydrogen-bond acceptors (Lipinski definition) is 16. The maximum Gasteiger partial charge on any atom is 0.306 e. The number of carboxylic acid groups (broad SMARTS) is 2. The maximum atomic E-state index is 13.0. The van der Waals surface area contributed by atoms with E-state index < -0.39 is 47.5 Å². The molecule has 3 unspecified atom stereocenters. The fourth-order valence-corrected chi connectivity index (χ4v) is 10.3. The zero-order chi connectivity index (χ0) is 60.5. The molecule has 2 aliphatic rings. The second-order valence-electron chi connectivity index (χ2n) is 23.5. The van der Waals surface area contributed by atoms with Crippen molar-refractivity contribution in [3.05, 3.63) is 47.5 Å². The molecule has 3 atom stereocenters. The molecular formula is C60H101N9O10S3. The van der Waals surface area contributed by atoms with Crippen LogP contribution in [0.25, 0.3) is 0 Å². The minimum absolute atomic E-state index is 0.0189. The van der Waals surface area contributed by atoms with Crippen LogP contribution in [-0.4, -0.2) is 157 Å². The molecule has 11 N–H and O–H groups in total. The van der Waals surface area contributed by atoms with Crippen LogP contribution in [-0.2, 0) is 41.6 Å².